The summed E-state index contributed by atoms with van der Waals surface area (Å²) in [5.41, 5.74) is 1.07. The van der Waals surface area contributed by atoms with Crippen LogP contribution in [0, 0.1) is 6.92 Å². The van der Waals surface area contributed by atoms with Crippen molar-refractivity contribution < 1.29 is 17.9 Å². The average molecular weight is 340 g/mol. The third kappa shape index (κ3) is 4.94. The monoisotopic (exact) mass is 340 g/mol. The fourth-order valence-electron chi connectivity index (χ4n) is 2.55. The molecule has 0 spiro atoms. The smallest absolute Gasteiger partial charge is 0.260 e. The number of hydrogen-bond donors (Lipinski definition) is 0. The minimum absolute atomic E-state index is 0.0238. The molecule has 1 aromatic rings. The number of nitrogens with zero attached hydrogens (tertiary/aromatic N) is 2. The molecule has 23 heavy (non-hydrogen) atoms. The molecule has 1 aromatic carbocycles. The van der Waals surface area contributed by atoms with E-state index in [2.05, 4.69) is 0 Å². The van der Waals surface area contributed by atoms with Gasteiger partial charge < -0.3 is 9.64 Å². The van der Waals surface area contributed by atoms with E-state index >= 15 is 0 Å². The van der Waals surface area contributed by atoms with E-state index < -0.39 is 10.0 Å². The Morgan fingerprint density at radius 2 is 2.00 bits per heavy atom. The number of carbonyl (C=O) groups is 1. The van der Waals surface area contributed by atoms with Gasteiger partial charge in [-0.15, -0.1) is 0 Å². The van der Waals surface area contributed by atoms with Gasteiger partial charge in [-0.3, -0.25) is 4.79 Å². The number of rotatable bonds is 5. The summed E-state index contributed by atoms with van der Waals surface area (Å²) in [5.74, 6) is 0.655. The first kappa shape index (κ1) is 17.7. The largest absolute Gasteiger partial charge is 0.484 e. The molecular formula is C16H24N2O4S. The first-order chi connectivity index (χ1) is 10.9. The Morgan fingerprint density at radius 3 is 2.70 bits per heavy atom. The molecule has 1 fully saturated rings. The highest BCUT2D eigenvalue weighted by Crippen LogP contribution is 2.13. The number of benzene rings is 1. The predicted octanol–water partition coefficient (Wildman–Crippen LogP) is 1.26. The van der Waals surface area contributed by atoms with E-state index in [0.29, 0.717) is 38.3 Å². The van der Waals surface area contributed by atoms with Gasteiger partial charge in [-0.05, 0) is 38.0 Å². The van der Waals surface area contributed by atoms with Crippen LogP contribution in [0.4, 0.5) is 0 Å². The van der Waals surface area contributed by atoms with Crippen molar-refractivity contribution in [2.75, 3.05) is 38.5 Å². The second-order valence-corrected chi connectivity index (χ2v) is 7.90. The van der Waals surface area contributed by atoms with Crippen LogP contribution in [0.3, 0.4) is 0 Å². The molecule has 0 atom stereocenters. The van der Waals surface area contributed by atoms with E-state index in [4.69, 9.17) is 4.74 Å². The molecule has 0 radical (unpaired) electrons. The van der Waals surface area contributed by atoms with Crippen molar-refractivity contribution in [3.63, 3.8) is 0 Å². The van der Waals surface area contributed by atoms with Gasteiger partial charge in [-0.25, -0.2) is 12.7 Å². The summed E-state index contributed by atoms with van der Waals surface area (Å²) in [5, 5.41) is 0. The number of sulfonamides is 1. The summed E-state index contributed by atoms with van der Waals surface area (Å²) in [6, 6.07) is 7.55. The number of aryl methyl sites for hydroxylation is 1. The normalized spacial score (nSPS) is 16.9. The van der Waals surface area contributed by atoms with Crippen molar-refractivity contribution in [3.8, 4) is 5.75 Å². The summed E-state index contributed by atoms with van der Waals surface area (Å²) in [4.78, 5) is 13.9. The summed E-state index contributed by atoms with van der Waals surface area (Å²) in [7, 11) is -3.19. The second-order valence-electron chi connectivity index (χ2n) is 5.64. The summed E-state index contributed by atoms with van der Waals surface area (Å²) >= 11 is 0. The Bertz CT molecular complexity index is 645. The molecule has 6 nitrogen and oxygen atoms in total. The van der Waals surface area contributed by atoms with Crippen LogP contribution in [-0.4, -0.2) is 62.1 Å². The highest BCUT2D eigenvalue weighted by Gasteiger charge is 2.25. The summed E-state index contributed by atoms with van der Waals surface area (Å²) < 4.78 is 30.9. The highest BCUT2D eigenvalue weighted by molar-refractivity contribution is 7.89. The lowest BCUT2D eigenvalue weighted by molar-refractivity contribution is -0.133. The van der Waals surface area contributed by atoms with E-state index in [9.17, 15) is 13.2 Å². The van der Waals surface area contributed by atoms with Crippen LogP contribution in [0.1, 0.15) is 18.9 Å². The number of carbonyl (C=O) groups excluding carboxylic acids is 1. The molecule has 1 aliphatic rings. The number of amides is 1. The van der Waals surface area contributed by atoms with Crippen LogP contribution in [-0.2, 0) is 14.8 Å². The van der Waals surface area contributed by atoms with Crippen LogP contribution in [0.2, 0.25) is 0 Å². The SMILES string of the molecule is CCS(=O)(=O)N1CCCN(C(=O)COc2cccc(C)c2)CC1. The second kappa shape index (κ2) is 7.79. The van der Waals surface area contributed by atoms with Crippen LogP contribution >= 0.6 is 0 Å². The van der Waals surface area contributed by atoms with Crippen LogP contribution in [0.5, 0.6) is 5.75 Å². The zero-order valence-corrected chi connectivity index (χ0v) is 14.5. The van der Waals surface area contributed by atoms with Crippen molar-refractivity contribution in [3.05, 3.63) is 29.8 Å². The van der Waals surface area contributed by atoms with Crippen molar-refractivity contribution in [2.24, 2.45) is 0 Å². The lowest BCUT2D eigenvalue weighted by atomic mass is 10.2. The maximum absolute atomic E-state index is 12.3. The maximum Gasteiger partial charge on any atom is 0.260 e. The maximum atomic E-state index is 12.3. The Kier molecular flexibility index (Phi) is 6.01. The topological polar surface area (TPSA) is 66.9 Å². The Balaban J connectivity index is 1.88. The molecule has 2 rings (SSSR count). The predicted molar refractivity (Wildman–Crippen MR) is 88.9 cm³/mol. The molecule has 1 saturated heterocycles. The van der Waals surface area contributed by atoms with Gasteiger partial charge in [-0.2, -0.15) is 0 Å². The Hall–Kier alpha value is -1.60. The van der Waals surface area contributed by atoms with Crippen molar-refractivity contribution in [1.29, 1.82) is 0 Å². The molecule has 1 aliphatic heterocycles. The van der Waals surface area contributed by atoms with Crippen LogP contribution in [0.15, 0.2) is 24.3 Å². The molecule has 1 heterocycles. The standard InChI is InChI=1S/C16H24N2O4S/c1-3-23(20,21)18-9-5-8-17(10-11-18)16(19)13-22-15-7-4-6-14(2)12-15/h4,6-7,12H,3,5,8-11,13H2,1-2H3. The zero-order valence-electron chi connectivity index (χ0n) is 13.7. The molecule has 0 aromatic heterocycles. The minimum Gasteiger partial charge on any atom is -0.484 e. The molecule has 128 valence electrons. The van der Waals surface area contributed by atoms with E-state index in [1.165, 1.54) is 4.31 Å². The van der Waals surface area contributed by atoms with E-state index in [1.54, 1.807) is 11.8 Å². The first-order valence-electron chi connectivity index (χ1n) is 7.87. The van der Waals surface area contributed by atoms with E-state index in [0.717, 1.165) is 5.56 Å². The fourth-order valence-corrected chi connectivity index (χ4v) is 3.68. The summed E-state index contributed by atoms with van der Waals surface area (Å²) in [6.07, 6.45) is 0.648. The Morgan fingerprint density at radius 1 is 1.22 bits per heavy atom. The third-order valence-electron chi connectivity index (χ3n) is 3.92. The molecule has 1 amide bonds. The average Bonchev–Trinajstić information content (AvgIpc) is 2.79. The van der Waals surface area contributed by atoms with E-state index in [-0.39, 0.29) is 18.3 Å². The molecular weight excluding hydrogens is 316 g/mol. The molecule has 0 saturated carbocycles. The van der Waals surface area contributed by atoms with Crippen molar-refractivity contribution >= 4 is 15.9 Å². The van der Waals surface area contributed by atoms with E-state index in [1.807, 2.05) is 31.2 Å². The third-order valence-corrected chi connectivity index (χ3v) is 5.80. The first-order valence-corrected chi connectivity index (χ1v) is 9.48. The highest BCUT2D eigenvalue weighted by atomic mass is 32.2. The number of ether oxygens (including phenoxy) is 1. The van der Waals surface area contributed by atoms with Gasteiger partial charge in [0.05, 0.1) is 5.75 Å². The van der Waals surface area contributed by atoms with Gasteiger partial charge in [-0.1, -0.05) is 12.1 Å². The van der Waals surface area contributed by atoms with Crippen molar-refractivity contribution in [2.45, 2.75) is 20.3 Å². The summed E-state index contributed by atoms with van der Waals surface area (Å²) in [6.45, 7) is 5.38. The van der Waals surface area contributed by atoms with Crippen molar-refractivity contribution in [1.82, 2.24) is 9.21 Å². The molecule has 0 N–H and O–H groups in total. The quantitative estimate of drug-likeness (QED) is 0.809. The molecule has 7 heteroatoms. The molecule has 0 bridgehead atoms. The zero-order chi connectivity index (χ0) is 16.9. The van der Waals surface area contributed by atoms with Gasteiger partial charge in [0.2, 0.25) is 10.0 Å². The fraction of sp³-hybridized carbons (Fsp3) is 0.562. The van der Waals surface area contributed by atoms with Crippen LogP contribution < -0.4 is 4.74 Å². The lowest BCUT2D eigenvalue weighted by Gasteiger charge is -2.21. The van der Waals surface area contributed by atoms with Gasteiger partial charge in [0.1, 0.15) is 5.75 Å². The lowest BCUT2D eigenvalue weighted by Crippen LogP contribution is -2.39. The number of hydrogen-bond acceptors (Lipinski definition) is 4. The molecule has 0 aliphatic carbocycles. The van der Waals surface area contributed by atoms with Gasteiger partial charge >= 0.3 is 0 Å². The van der Waals surface area contributed by atoms with Gasteiger partial charge in [0.15, 0.2) is 6.61 Å². The molecule has 0 unspecified atom stereocenters. The minimum atomic E-state index is -3.19. The Labute approximate surface area is 138 Å². The van der Waals surface area contributed by atoms with Gasteiger partial charge in [0.25, 0.3) is 5.91 Å². The van der Waals surface area contributed by atoms with Gasteiger partial charge in [0, 0.05) is 26.2 Å². The van der Waals surface area contributed by atoms with Crippen LogP contribution in [0.25, 0.3) is 0 Å².